The summed E-state index contributed by atoms with van der Waals surface area (Å²) < 4.78 is 5.44. The van der Waals surface area contributed by atoms with Crippen LogP contribution in [0.15, 0.2) is 34.7 Å². The zero-order valence-electron chi connectivity index (χ0n) is 12.6. The predicted molar refractivity (Wildman–Crippen MR) is 84.7 cm³/mol. The second-order valence-electron chi connectivity index (χ2n) is 5.12. The number of hydrogen-bond donors (Lipinski definition) is 1. The van der Waals surface area contributed by atoms with Crippen molar-refractivity contribution in [2.45, 2.75) is 39.1 Å². The van der Waals surface area contributed by atoms with Gasteiger partial charge >= 0.3 is 0 Å². The van der Waals surface area contributed by atoms with Crippen LogP contribution in [0.2, 0.25) is 0 Å². The Morgan fingerprint density at radius 2 is 2.00 bits per heavy atom. The maximum atomic E-state index is 12.2. The Labute approximate surface area is 130 Å². The first-order valence-electron chi connectivity index (χ1n) is 7.10. The number of benzene rings is 1. The van der Waals surface area contributed by atoms with Crippen molar-refractivity contribution in [1.29, 1.82) is 0 Å². The molecular formula is C17H20ClNO2. The Morgan fingerprint density at radius 3 is 2.52 bits per heavy atom. The summed E-state index contributed by atoms with van der Waals surface area (Å²) in [5, 5.41) is 2.94. The highest BCUT2D eigenvalue weighted by Gasteiger charge is 2.16. The fourth-order valence-electron chi connectivity index (χ4n) is 2.16. The van der Waals surface area contributed by atoms with Gasteiger partial charge in [0.15, 0.2) is 5.76 Å². The van der Waals surface area contributed by atoms with Crippen molar-refractivity contribution in [1.82, 2.24) is 5.32 Å². The maximum absolute atomic E-state index is 12.2. The van der Waals surface area contributed by atoms with E-state index in [9.17, 15) is 4.79 Å². The van der Waals surface area contributed by atoms with Gasteiger partial charge in [-0.25, -0.2) is 0 Å². The van der Waals surface area contributed by atoms with Crippen molar-refractivity contribution >= 4 is 17.5 Å². The molecular weight excluding hydrogens is 286 g/mol. The highest BCUT2D eigenvalue weighted by molar-refractivity contribution is 6.17. The third kappa shape index (κ3) is 3.67. The minimum Gasteiger partial charge on any atom is -0.456 e. The number of rotatable bonds is 5. The molecule has 21 heavy (non-hydrogen) atoms. The van der Waals surface area contributed by atoms with Crippen molar-refractivity contribution < 1.29 is 9.21 Å². The zero-order chi connectivity index (χ0) is 15.4. The molecule has 0 radical (unpaired) electrons. The van der Waals surface area contributed by atoms with Crippen LogP contribution in [0.4, 0.5) is 0 Å². The highest BCUT2D eigenvalue weighted by atomic mass is 35.5. The largest absolute Gasteiger partial charge is 0.456 e. The van der Waals surface area contributed by atoms with E-state index in [1.165, 1.54) is 5.56 Å². The number of carbonyl (C=O) groups excluding carboxylic acids is 1. The highest BCUT2D eigenvalue weighted by Crippen LogP contribution is 2.19. The zero-order valence-corrected chi connectivity index (χ0v) is 13.3. The summed E-state index contributed by atoms with van der Waals surface area (Å²) in [6.45, 7) is 5.88. The second-order valence-corrected chi connectivity index (χ2v) is 5.38. The number of aryl methyl sites for hydroxylation is 2. The van der Waals surface area contributed by atoms with Gasteiger partial charge in [0.2, 0.25) is 0 Å². The summed E-state index contributed by atoms with van der Waals surface area (Å²) in [5.74, 6) is 1.12. The Kier molecular flexibility index (Phi) is 5.07. The molecule has 0 aliphatic heterocycles. The Bertz CT molecular complexity index is 616. The van der Waals surface area contributed by atoms with E-state index in [2.05, 4.69) is 24.4 Å². The molecule has 0 fully saturated rings. The normalized spacial score (nSPS) is 12.2. The number of carbonyl (C=O) groups is 1. The monoisotopic (exact) mass is 305 g/mol. The fourth-order valence-corrected chi connectivity index (χ4v) is 2.42. The lowest BCUT2D eigenvalue weighted by molar-refractivity contribution is 0.0910. The molecule has 0 saturated heterocycles. The van der Waals surface area contributed by atoms with Crippen LogP contribution >= 0.6 is 11.6 Å². The lowest BCUT2D eigenvalue weighted by atomic mass is 10.0. The fraction of sp³-hybridized carbons (Fsp3) is 0.353. The minimum absolute atomic E-state index is 0.0757. The Balaban J connectivity index is 2.06. The first kappa shape index (κ1) is 15.6. The first-order chi connectivity index (χ1) is 10.0. The molecule has 0 spiro atoms. The van der Waals surface area contributed by atoms with Gasteiger partial charge in [-0.1, -0.05) is 31.2 Å². The Morgan fingerprint density at radius 1 is 1.33 bits per heavy atom. The van der Waals surface area contributed by atoms with Crippen molar-refractivity contribution in [2.24, 2.45) is 0 Å². The third-order valence-corrected chi connectivity index (χ3v) is 3.91. The minimum atomic E-state index is -0.221. The van der Waals surface area contributed by atoms with E-state index in [4.69, 9.17) is 16.0 Å². The van der Waals surface area contributed by atoms with Crippen LogP contribution in [-0.2, 0) is 12.3 Å². The SMILES string of the molecule is CCc1ccc(C(C)NC(=O)c2cc(CCl)c(C)o2)cc1. The molecule has 1 heterocycles. The van der Waals surface area contributed by atoms with Crippen LogP contribution in [0.1, 0.15) is 52.9 Å². The first-order valence-corrected chi connectivity index (χ1v) is 7.63. The molecule has 1 N–H and O–H groups in total. The number of halogens is 1. The summed E-state index contributed by atoms with van der Waals surface area (Å²) in [7, 11) is 0. The average molecular weight is 306 g/mol. The second kappa shape index (κ2) is 6.81. The maximum Gasteiger partial charge on any atom is 0.287 e. The standard InChI is InChI=1S/C17H20ClNO2/c1-4-13-5-7-14(8-6-13)11(2)19-17(20)16-9-15(10-18)12(3)21-16/h5-9,11H,4,10H2,1-3H3,(H,19,20). The summed E-state index contributed by atoms with van der Waals surface area (Å²) in [4.78, 5) is 12.2. The van der Waals surface area contributed by atoms with Crippen molar-refractivity contribution in [3.05, 3.63) is 58.5 Å². The molecule has 4 heteroatoms. The van der Waals surface area contributed by atoms with Gasteiger partial charge in [0.05, 0.1) is 11.9 Å². The lowest BCUT2D eigenvalue weighted by Gasteiger charge is -2.13. The number of hydrogen-bond acceptors (Lipinski definition) is 2. The molecule has 2 rings (SSSR count). The molecule has 0 saturated carbocycles. The molecule has 1 amide bonds. The van der Waals surface area contributed by atoms with Gasteiger partial charge in [-0.3, -0.25) is 4.79 Å². The van der Waals surface area contributed by atoms with Gasteiger partial charge in [-0.2, -0.15) is 0 Å². The van der Waals surface area contributed by atoms with Crippen molar-refractivity contribution in [3.63, 3.8) is 0 Å². The van der Waals surface area contributed by atoms with Gasteiger partial charge in [0.1, 0.15) is 5.76 Å². The average Bonchev–Trinajstić information content (AvgIpc) is 2.88. The van der Waals surface area contributed by atoms with E-state index in [1.54, 1.807) is 13.0 Å². The molecule has 0 aliphatic carbocycles. The van der Waals surface area contributed by atoms with Gasteiger partial charge in [0.25, 0.3) is 5.91 Å². The topological polar surface area (TPSA) is 42.2 Å². The molecule has 1 aromatic heterocycles. The van der Waals surface area contributed by atoms with Gasteiger partial charge in [-0.15, -0.1) is 11.6 Å². The molecule has 0 aliphatic rings. The van der Waals surface area contributed by atoms with Crippen LogP contribution in [0.3, 0.4) is 0 Å². The Hall–Kier alpha value is -1.74. The molecule has 0 bridgehead atoms. The van der Waals surface area contributed by atoms with Crippen LogP contribution in [-0.4, -0.2) is 5.91 Å². The predicted octanol–water partition coefficient (Wildman–Crippen LogP) is 4.38. The van der Waals surface area contributed by atoms with E-state index in [1.807, 2.05) is 19.1 Å². The van der Waals surface area contributed by atoms with Gasteiger partial charge in [-0.05, 0) is 37.5 Å². The number of alkyl halides is 1. The van der Waals surface area contributed by atoms with Crippen LogP contribution in [0.25, 0.3) is 0 Å². The van der Waals surface area contributed by atoms with E-state index < -0.39 is 0 Å². The van der Waals surface area contributed by atoms with Gasteiger partial charge < -0.3 is 9.73 Å². The van der Waals surface area contributed by atoms with E-state index in [-0.39, 0.29) is 11.9 Å². The van der Waals surface area contributed by atoms with Crippen LogP contribution in [0, 0.1) is 6.92 Å². The van der Waals surface area contributed by atoms with E-state index >= 15 is 0 Å². The number of nitrogens with one attached hydrogen (secondary N) is 1. The van der Waals surface area contributed by atoms with Gasteiger partial charge in [0, 0.05) is 5.56 Å². The molecule has 112 valence electrons. The van der Waals surface area contributed by atoms with Crippen molar-refractivity contribution in [2.75, 3.05) is 0 Å². The number of amides is 1. The molecule has 3 nitrogen and oxygen atoms in total. The molecule has 1 atom stereocenters. The third-order valence-electron chi connectivity index (χ3n) is 3.62. The summed E-state index contributed by atoms with van der Waals surface area (Å²) in [5.41, 5.74) is 3.20. The van der Waals surface area contributed by atoms with Crippen molar-refractivity contribution in [3.8, 4) is 0 Å². The van der Waals surface area contributed by atoms with E-state index in [0.29, 0.717) is 17.4 Å². The van der Waals surface area contributed by atoms with Crippen LogP contribution < -0.4 is 5.32 Å². The van der Waals surface area contributed by atoms with E-state index in [0.717, 1.165) is 17.5 Å². The van der Waals surface area contributed by atoms with Crippen LogP contribution in [0.5, 0.6) is 0 Å². The lowest BCUT2D eigenvalue weighted by Crippen LogP contribution is -2.26. The number of furan rings is 1. The quantitative estimate of drug-likeness (QED) is 0.833. The smallest absolute Gasteiger partial charge is 0.287 e. The summed E-state index contributed by atoms with van der Waals surface area (Å²) in [6.07, 6.45) is 1.01. The molecule has 2 aromatic rings. The summed E-state index contributed by atoms with van der Waals surface area (Å²) >= 11 is 5.79. The summed E-state index contributed by atoms with van der Waals surface area (Å²) in [6, 6.07) is 9.88. The molecule has 1 unspecified atom stereocenters. The molecule has 1 aromatic carbocycles.